The fraction of sp³-hybridized carbons (Fsp3) is 0.0625. The summed E-state index contributed by atoms with van der Waals surface area (Å²) < 4.78 is 26.1. The lowest BCUT2D eigenvalue weighted by Crippen LogP contribution is -2.00. The van der Waals surface area contributed by atoms with Gasteiger partial charge in [0.05, 0.1) is 5.52 Å². The number of aromatic nitrogens is 1. The Morgan fingerprint density at radius 3 is 2.55 bits per heavy atom. The molecule has 3 aromatic rings. The highest BCUT2D eigenvalue weighted by Crippen LogP contribution is 2.16. The van der Waals surface area contributed by atoms with Crippen LogP contribution in [0.25, 0.3) is 10.9 Å². The first-order chi connectivity index (χ1) is 9.70. The van der Waals surface area contributed by atoms with Crippen molar-refractivity contribution >= 4 is 16.6 Å². The SMILES string of the molecule is Fc1cc(F)cc(NCc2ccc3ncccc3c2)c1. The average molecular weight is 270 g/mol. The number of fused-ring (bicyclic) bond motifs is 1. The third kappa shape index (κ3) is 2.74. The van der Waals surface area contributed by atoms with E-state index in [4.69, 9.17) is 0 Å². The molecule has 0 saturated carbocycles. The summed E-state index contributed by atoms with van der Waals surface area (Å²) in [4.78, 5) is 4.24. The van der Waals surface area contributed by atoms with Gasteiger partial charge in [-0.3, -0.25) is 4.98 Å². The van der Waals surface area contributed by atoms with Crippen LogP contribution in [0.2, 0.25) is 0 Å². The Morgan fingerprint density at radius 2 is 1.75 bits per heavy atom. The van der Waals surface area contributed by atoms with Crippen molar-refractivity contribution in [3.8, 4) is 0 Å². The van der Waals surface area contributed by atoms with E-state index in [2.05, 4.69) is 10.3 Å². The first-order valence-electron chi connectivity index (χ1n) is 6.24. The highest BCUT2D eigenvalue weighted by molar-refractivity contribution is 5.78. The molecule has 0 saturated heterocycles. The largest absolute Gasteiger partial charge is 0.381 e. The molecular weight excluding hydrogens is 258 g/mol. The zero-order valence-electron chi connectivity index (χ0n) is 10.6. The maximum atomic E-state index is 13.1. The highest BCUT2D eigenvalue weighted by atomic mass is 19.1. The Kier molecular flexibility index (Phi) is 3.29. The second-order valence-corrected chi connectivity index (χ2v) is 4.54. The lowest BCUT2D eigenvalue weighted by molar-refractivity contribution is 0.584. The van der Waals surface area contributed by atoms with Crippen LogP contribution in [-0.4, -0.2) is 4.98 Å². The van der Waals surface area contributed by atoms with Gasteiger partial charge in [-0.05, 0) is 35.9 Å². The van der Waals surface area contributed by atoms with Crippen molar-refractivity contribution in [2.45, 2.75) is 6.54 Å². The summed E-state index contributed by atoms with van der Waals surface area (Å²) in [7, 11) is 0. The van der Waals surface area contributed by atoms with E-state index in [0.717, 1.165) is 22.5 Å². The molecule has 0 radical (unpaired) electrons. The molecule has 0 spiro atoms. The van der Waals surface area contributed by atoms with E-state index in [1.807, 2.05) is 30.3 Å². The molecule has 0 unspecified atom stereocenters. The van der Waals surface area contributed by atoms with E-state index < -0.39 is 11.6 Å². The Labute approximate surface area is 115 Å². The molecular formula is C16H12F2N2. The molecule has 3 rings (SSSR count). The molecule has 2 aromatic carbocycles. The van der Waals surface area contributed by atoms with E-state index in [-0.39, 0.29) is 0 Å². The molecule has 20 heavy (non-hydrogen) atoms. The monoisotopic (exact) mass is 270 g/mol. The zero-order valence-corrected chi connectivity index (χ0v) is 10.6. The fourth-order valence-corrected chi connectivity index (χ4v) is 2.10. The van der Waals surface area contributed by atoms with Gasteiger partial charge in [0.25, 0.3) is 0 Å². The number of hydrogen-bond donors (Lipinski definition) is 1. The van der Waals surface area contributed by atoms with E-state index in [1.165, 1.54) is 12.1 Å². The van der Waals surface area contributed by atoms with Crippen LogP contribution in [0.3, 0.4) is 0 Å². The molecule has 0 amide bonds. The van der Waals surface area contributed by atoms with Crippen molar-refractivity contribution in [1.29, 1.82) is 0 Å². The maximum Gasteiger partial charge on any atom is 0.128 e. The van der Waals surface area contributed by atoms with Crippen LogP contribution in [0.4, 0.5) is 14.5 Å². The normalized spacial score (nSPS) is 10.7. The van der Waals surface area contributed by atoms with Gasteiger partial charge in [0.1, 0.15) is 11.6 Å². The minimum absolute atomic E-state index is 0.425. The average Bonchev–Trinajstić information content (AvgIpc) is 2.44. The van der Waals surface area contributed by atoms with Crippen LogP contribution in [0.5, 0.6) is 0 Å². The standard InChI is InChI=1S/C16H12F2N2/c17-13-7-14(18)9-15(8-13)20-10-11-3-4-16-12(6-11)2-1-5-19-16/h1-9,20H,10H2. The van der Waals surface area contributed by atoms with E-state index in [9.17, 15) is 8.78 Å². The predicted molar refractivity (Wildman–Crippen MR) is 75.4 cm³/mol. The lowest BCUT2D eigenvalue weighted by atomic mass is 10.1. The van der Waals surface area contributed by atoms with Gasteiger partial charge >= 0.3 is 0 Å². The van der Waals surface area contributed by atoms with Crippen LogP contribution < -0.4 is 5.32 Å². The number of nitrogens with zero attached hydrogens (tertiary/aromatic N) is 1. The summed E-state index contributed by atoms with van der Waals surface area (Å²) in [5.41, 5.74) is 2.37. The van der Waals surface area contributed by atoms with Crippen LogP contribution in [0, 0.1) is 11.6 Å². The van der Waals surface area contributed by atoms with Gasteiger partial charge < -0.3 is 5.32 Å². The van der Waals surface area contributed by atoms with Crippen LogP contribution >= 0.6 is 0 Å². The number of benzene rings is 2. The van der Waals surface area contributed by atoms with Gasteiger partial charge in [-0.1, -0.05) is 12.1 Å². The molecule has 2 nitrogen and oxygen atoms in total. The molecule has 1 N–H and O–H groups in total. The quantitative estimate of drug-likeness (QED) is 0.774. The first kappa shape index (κ1) is 12.5. The molecule has 4 heteroatoms. The molecule has 100 valence electrons. The zero-order chi connectivity index (χ0) is 13.9. The van der Waals surface area contributed by atoms with Crippen molar-refractivity contribution in [3.63, 3.8) is 0 Å². The van der Waals surface area contributed by atoms with Gasteiger partial charge in [0.2, 0.25) is 0 Å². The highest BCUT2D eigenvalue weighted by Gasteiger charge is 2.01. The van der Waals surface area contributed by atoms with Crippen molar-refractivity contribution in [1.82, 2.24) is 4.98 Å². The molecule has 0 fully saturated rings. The summed E-state index contributed by atoms with van der Waals surface area (Å²) in [5, 5.41) is 4.05. The van der Waals surface area contributed by atoms with Gasteiger partial charge in [-0.15, -0.1) is 0 Å². The fourth-order valence-electron chi connectivity index (χ4n) is 2.10. The van der Waals surface area contributed by atoms with E-state index >= 15 is 0 Å². The number of anilines is 1. The first-order valence-corrected chi connectivity index (χ1v) is 6.24. The summed E-state index contributed by atoms with van der Waals surface area (Å²) in [6.07, 6.45) is 1.75. The van der Waals surface area contributed by atoms with Crippen LogP contribution in [0.15, 0.2) is 54.7 Å². The maximum absolute atomic E-state index is 13.1. The van der Waals surface area contributed by atoms with Crippen molar-refractivity contribution in [3.05, 3.63) is 71.9 Å². The summed E-state index contributed by atoms with van der Waals surface area (Å²) in [6.45, 7) is 0.494. The molecule has 0 atom stereocenters. The number of halogens is 2. The Morgan fingerprint density at radius 1 is 0.950 bits per heavy atom. The summed E-state index contributed by atoms with van der Waals surface area (Å²) in [5.74, 6) is -1.18. The van der Waals surface area contributed by atoms with Gasteiger partial charge in [0.15, 0.2) is 0 Å². The molecule has 0 bridgehead atoms. The molecule has 0 aliphatic heterocycles. The molecule has 0 aliphatic carbocycles. The Hall–Kier alpha value is -2.49. The van der Waals surface area contributed by atoms with Crippen LogP contribution in [-0.2, 0) is 6.54 Å². The van der Waals surface area contributed by atoms with Crippen LogP contribution in [0.1, 0.15) is 5.56 Å². The number of hydrogen-bond acceptors (Lipinski definition) is 2. The van der Waals surface area contributed by atoms with Gasteiger partial charge in [-0.25, -0.2) is 8.78 Å². The second kappa shape index (κ2) is 5.25. The molecule has 0 aliphatic rings. The number of pyridine rings is 1. The Balaban J connectivity index is 1.79. The Bertz CT molecular complexity index is 736. The third-order valence-electron chi connectivity index (χ3n) is 3.03. The lowest BCUT2D eigenvalue weighted by Gasteiger charge is -2.08. The third-order valence-corrected chi connectivity index (χ3v) is 3.03. The molecule has 1 heterocycles. The van der Waals surface area contributed by atoms with E-state index in [0.29, 0.717) is 12.2 Å². The van der Waals surface area contributed by atoms with E-state index in [1.54, 1.807) is 6.20 Å². The molecule has 1 aromatic heterocycles. The topological polar surface area (TPSA) is 24.9 Å². The predicted octanol–water partition coefficient (Wildman–Crippen LogP) is 4.13. The van der Waals surface area contributed by atoms with Crippen molar-refractivity contribution < 1.29 is 8.78 Å². The van der Waals surface area contributed by atoms with Gasteiger partial charge in [-0.2, -0.15) is 0 Å². The van der Waals surface area contributed by atoms with Crippen molar-refractivity contribution in [2.75, 3.05) is 5.32 Å². The number of rotatable bonds is 3. The minimum atomic E-state index is -0.588. The smallest absolute Gasteiger partial charge is 0.128 e. The summed E-state index contributed by atoms with van der Waals surface area (Å²) >= 11 is 0. The second-order valence-electron chi connectivity index (χ2n) is 4.54. The minimum Gasteiger partial charge on any atom is -0.381 e. The number of nitrogens with one attached hydrogen (secondary N) is 1. The van der Waals surface area contributed by atoms with Crippen molar-refractivity contribution in [2.24, 2.45) is 0 Å². The van der Waals surface area contributed by atoms with Gasteiger partial charge in [0, 0.05) is 29.9 Å². The summed E-state index contributed by atoms with van der Waals surface area (Å²) in [6, 6.07) is 13.1.